The molecule has 0 aromatic carbocycles. The van der Waals surface area contributed by atoms with Crippen molar-refractivity contribution < 1.29 is 34.5 Å². The Hall–Kier alpha value is -1.69. The zero-order valence-electron chi connectivity index (χ0n) is 11.6. The number of carbonyl (C=O) groups excluding carboxylic acids is 4. The van der Waals surface area contributed by atoms with Crippen molar-refractivity contribution in [2.75, 3.05) is 25.6 Å². The minimum atomic E-state index is -1.41. The highest BCUT2D eigenvalue weighted by molar-refractivity contribution is 7.81. The van der Waals surface area contributed by atoms with Crippen molar-refractivity contribution in [3.8, 4) is 0 Å². The highest BCUT2D eigenvalue weighted by atomic mass is 32.1. The van der Waals surface area contributed by atoms with Crippen molar-refractivity contribution >= 4 is 36.6 Å². The third-order valence-electron chi connectivity index (χ3n) is 2.48. The summed E-state index contributed by atoms with van der Waals surface area (Å²) in [6.45, 7) is -2.15. The molecule has 0 aliphatic heterocycles. The Morgan fingerprint density at radius 1 is 0.909 bits per heavy atom. The number of aliphatic hydroxyl groups is 3. The number of hydrogen-bond donors (Lipinski definition) is 7. The van der Waals surface area contributed by atoms with Gasteiger partial charge in [-0.25, -0.2) is 0 Å². The van der Waals surface area contributed by atoms with E-state index < -0.39 is 55.7 Å². The molecule has 10 nitrogen and oxygen atoms in total. The van der Waals surface area contributed by atoms with E-state index in [1.54, 1.807) is 0 Å². The summed E-state index contributed by atoms with van der Waals surface area (Å²) in [6.07, 6.45) is 0.289. The van der Waals surface area contributed by atoms with Gasteiger partial charge in [0.1, 0.15) is 24.4 Å². The van der Waals surface area contributed by atoms with Gasteiger partial charge < -0.3 is 36.1 Å². The summed E-state index contributed by atoms with van der Waals surface area (Å²) in [5, 5.41) is 33.3. The lowest BCUT2D eigenvalue weighted by atomic mass is 10.2. The van der Waals surface area contributed by atoms with Gasteiger partial charge in [0.15, 0.2) is 0 Å². The highest BCUT2D eigenvalue weighted by Gasteiger charge is 2.26. The first-order valence-corrected chi connectivity index (χ1v) is 6.85. The molecule has 0 radical (unpaired) electrons. The number of nitrogens with one attached hydrogen (secondary N) is 3. The van der Waals surface area contributed by atoms with Crippen LogP contribution in [0.2, 0.25) is 0 Å². The Kier molecular flexibility index (Phi) is 10.1. The Balaban J connectivity index is 4.69. The number of rotatable bonds is 10. The van der Waals surface area contributed by atoms with Crippen LogP contribution < -0.4 is 16.0 Å². The zero-order chi connectivity index (χ0) is 17.1. The normalized spacial score (nSPS) is 14.4. The predicted octanol–water partition coefficient (Wildman–Crippen LogP) is -4.45. The fourth-order valence-electron chi connectivity index (χ4n) is 1.31. The van der Waals surface area contributed by atoms with Crippen LogP contribution in [0.4, 0.5) is 0 Å². The molecule has 11 heteroatoms. The topological polar surface area (TPSA) is 165 Å². The SMILES string of the molecule is O=CC(CO)NC(=O)C(CO)NC(=O)C(CO)NC(=O)CS. The van der Waals surface area contributed by atoms with E-state index in [2.05, 4.69) is 28.6 Å². The van der Waals surface area contributed by atoms with Crippen molar-refractivity contribution in [2.45, 2.75) is 18.1 Å². The van der Waals surface area contributed by atoms with Crippen LogP contribution >= 0.6 is 12.6 Å². The third kappa shape index (κ3) is 6.85. The first kappa shape index (κ1) is 20.3. The van der Waals surface area contributed by atoms with Gasteiger partial charge >= 0.3 is 0 Å². The van der Waals surface area contributed by atoms with Crippen LogP contribution in [-0.2, 0) is 19.2 Å². The Morgan fingerprint density at radius 2 is 1.41 bits per heavy atom. The van der Waals surface area contributed by atoms with E-state index in [0.717, 1.165) is 0 Å². The second-order valence-corrected chi connectivity index (χ2v) is 4.45. The summed E-state index contributed by atoms with van der Waals surface area (Å²) < 4.78 is 0. The number of thiol groups is 1. The Labute approximate surface area is 131 Å². The van der Waals surface area contributed by atoms with Crippen LogP contribution in [0.1, 0.15) is 0 Å². The van der Waals surface area contributed by atoms with E-state index in [9.17, 15) is 19.2 Å². The minimum absolute atomic E-state index is 0.203. The molecule has 0 heterocycles. The van der Waals surface area contributed by atoms with Crippen molar-refractivity contribution in [1.82, 2.24) is 16.0 Å². The van der Waals surface area contributed by atoms with Crippen LogP contribution in [0, 0.1) is 0 Å². The van der Waals surface area contributed by atoms with Crippen LogP contribution in [0.3, 0.4) is 0 Å². The van der Waals surface area contributed by atoms with Gasteiger partial charge in [-0.05, 0) is 0 Å². The lowest BCUT2D eigenvalue weighted by Crippen LogP contribution is -2.57. The van der Waals surface area contributed by atoms with Crippen molar-refractivity contribution in [3.63, 3.8) is 0 Å². The molecule has 0 rings (SSSR count). The average Bonchev–Trinajstić information content (AvgIpc) is 2.54. The Bertz CT molecular complexity index is 407. The largest absolute Gasteiger partial charge is 0.394 e. The molecule has 126 valence electrons. The van der Waals surface area contributed by atoms with Crippen molar-refractivity contribution in [1.29, 1.82) is 0 Å². The second-order valence-electron chi connectivity index (χ2n) is 4.14. The number of hydrogen-bond acceptors (Lipinski definition) is 8. The summed E-state index contributed by atoms with van der Waals surface area (Å²) in [4.78, 5) is 45.1. The van der Waals surface area contributed by atoms with Gasteiger partial charge in [0.05, 0.1) is 25.6 Å². The molecule has 0 bridgehead atoms. The molecular formula is C11H19N3O7S. The van der Waals surface area contributed by atoms with E-state index in [0.29, 0.717) is 0 Å². The molecule has 0 aromatic rings. The maximum Gasteiger partial charge on any atom is 0.245 e. The molecule has 3 amide bonds. The zero-order valence-corrected chi connectivity index (χ0v) is 12.5. The summed E-state index contributed by atoms with van der Waals surface area (Å²) in [7, 11) is 0. The molecule has 3 atom stereocenters. The smallest absolute Gasteiger partial charge is 0.245 e. The van der Waals surface area contributed by atoms with Gasteiger partial charge in [-0.15, -0.1) is 0 Å². The fourth-order valence-corrected chi connectivity index (χ4v) is 1.40. The lowest BCUT2D eigenvalue weighted by Gasteiger charge is -2.21. The molecular weight excluding hydrogens is 318 g/mol. The standard InChI is InChI=1S/C11H19N3O7S/c15-1-6(2-16)12-10(20)8(4-18)14-11(21)7(3-17)13-9(19)5-22/h1,6-8,16-18,22H,2-5H2,(H,12,20)(H,13,19)(H,14,21). The third-order valence-corrected chi connectivity index (χ3v) is 2.77. The van der Waals surface area contributed by atoms with Crippen molar-refractivity contribution in [3.05, 3.63) is 0 Å². The quantitative estimate of drug-likeness (QED) is 0.156. The Morgan fingerprint density at radius 3 is 1.82 bits per heavy atom. The second kappa shape index (κ2) is 11.0. The van der Waals surface area contributed by atoms with Crippen molar-refractivity contribution in [2.24, 2.45) is 0 Å². The molecule has 22 heavy (non-hydrogen) atoms. The molecule has 0 saturated heterocycles. The van der Waals surface area contributed by atoms with Gasteiger partial charge in [0, 0.05) is 0 Å². The summed E-state index contributed by atoms with van der Waals surface area (Å²) in [5.74, 6) is -2.62. The summed E-state index contributed by atoms with van der Waals surface area (Å²) in [5.41, 5.74) is 0. The van der Waals surface area contributed by atoms with E-state index in [-0.39, 0.29) is 12.0 Å². The molecule has 0 saturated carbocycles. The van der Waals surface area contributed by atoms with E-state index in [1.807, 2.05) is 0 Å². The molecule has 0 aliphatic carbocycles. The van der Waals surface area contributed by atoms with Gasteiger partial charge in [-0.3, -0.25) is 14.4 Å². The molecule has 0 aliphatic rings. The first-order valence-electron chi connectivity index (χ1n) is 6.22. The van der Waals surface area contributed by atoms with Gasteiger partial charge in [0.2, 0.25) is 17.7 Å². The average molecular weight is 337 g/mol. The van der Waals surface area contributed by atoms with Gasteiger partial charge in [-0.2, -0.15) is 12.6 Å². The van der Waals surface area contributed by atoms with E-state index >= 15 is 0 Å². The lowest BCUT2D eigenvalue weighted by molar-refractivity contribution is -0.133. The number of aldehydes is 1. The molecule has 0 spiro atoms. The maximum atomic E-state index is 11.8. The predicted molar refractivity (Wildman–Crippen MR) is 77.0 cm³/mol. The van der Waals surface area contributed by atoms with Crippen LogP contribution in [0.15, 0.2) is 0 Å². The number of carbonyl (C=O) groups is 4. The van der Waals surface area contributed by atoms with Gasteiger partial charge in [-0.1, -0.05) is 0 Å². The number of aliphatic hydroxyl groups excluding tert-OH is 3. The van der Waals surface area contributed by atoms with Gasteiger partial charge in [0.25, 0.3) is 0 Å². The molecule has 6 N–H and O–H groups in total. The summed E-state index contributed by atoms with van der Waals surface area (Å²) >= 11 is 3.69. The molecule has 3 unspecified atom stereocenters. The van der Waals surface area contributed by atoms with Crippen LogP contribution in [0.5, 0.6) is 0 Å². The number of amides is 3. The minimum Gasteiger partial charge on any atom is -0.394 e. The van der Waals surface area contributed by atoms with E-state index in [4.69, 9.17) is 15.3 Å². The molecule has 0 fully saturated rings. The van der Waals surface area contributed by atoms with Crippen LogP contribution in [-0.4, -0.2) is 83.0 Å². The monoisotopic (exact) mass is 337 g/mol. The summed E-state index contributed by atoms with van der Waals surface area (Å²) in [6, 6.07) is -3.90. The highest BCUT2D eigenvalue weighted by Crippen LogP contribution is 1.91. The van der Waals surface area contributed by atoms with Crippen LogP contribution in [0.25, 0.3) is 0 Å². The molecule has 0 aromatic heterocycles. The van der Waals surface area contributed by atoms with E-state index in [1.165, 1.54) is 0 Å². The first-order chi connectivity index (χ1) is 10.4. The maximum absolute atomic E-state index is 11.8. The fraction of sp³-hybridized carbons (Fsp3) is 0.636.